The van der Waals surface area contributed by atoms with Crippen LogP contribution >= 0.6 is 23.2 Å². The molecule has 0 saturated carbocycles. The zero-order valence-corrected chi connectivity index (χ0v) is 14.5. The normalized spacial score (nSPS) is 20.1. The Morgan fingerprint density at radius 1 is 1.38 bits per heavy atom. The van der Waals surface area contributed by atoms with Crippen LogP contribution in [-0.2, 0) is 16.6 Å². The lowest BCUT2D eigenvalue weighted by atomic mass is 10.2. The van der Waals surface area contributed by atoms with E-state index in [1.165, 1.54) is 10.4 Å². The van der Waals surface area contributed by atoms with Crippen molar-refractivity contribution in [1.29, 1.82) is 0 Å². The standard InChI is InChI=1S/C14H20Cl2N2O2S/c1-3-17-9-11-7-12(15)8-13(14(11)16)21(19,20)18-6-4-5-10(18)2/h7-8,10,17H,3-6,9H2,1-2H3. The molecule has 1 saturated heterocycles. The van der Waals surface area contributed by atoms with Gasteiger partial charge in [-0.15, -0.1) is 0 Å². The lowest BCUT2D eigenvalue weighted by molar-refractivity contribution is 0.408. The van der Waals surface area contributed by atoms with Crippen LogP contribution in [0.4, 0.5) is 0 Å². The van der Waals surface area contributed by atoms with Gasteiger partial charge in [0.25, 0.3) is 0 Å². The molecule has 118 valence electrons. The molecule has 1 unspecified atom stereocenters. The molecule has 7 heteroatoms. The third-order valence-electron chi connectivity index (χ3n) is 3.72. The lowest BCUT2D eigenvalue weighted by Gasteiger charge is -2.22. The molecule has 0 radical (unpaired) electrons. The van der Waals surface area contributed by atoms with Crippen molar-refractivity contribution in [3.05, 3.63) is 27.7 Å². The van der Waals surface area contributed by atoms with Crippen molar-refractivity contribution in [2.24, 2.45) is 0 Å². The molecular formula is C14H20Cl2N2O2S. The molecule has 1 aliphatic rings. The van der Waals surface area contributed by atoms with Crippen LogP contribution in [0.1, 0.15) is 32.3 Å². The van der Waals surface area contributed by atoms with E-state index in [9.17, 15) is 8.42 Å². The molecule has 0 bridgehead atoms. The van der Waals surface area contributed by atoms with Gasteiger partial charge in [0, 0.05) is 24.2 Å². The van der Waals surface area contributed by atoms with Gasteiger partial charge in [-0.2, -0.15) is 4.31 Å². The van der Waals surface area contributed by atoms with Crippen molar-refractivity contribution in [3.63, 3.8) is 0 Å². The zero-order chi connectivity index (χ0) is 15.6. The molecular weight excluding hydrogens is 331 g/mol. The van der Waals surface area contributed by atoms with E-state index in [2.05, 4.69) is 5.32 Å². The smallest absolute Gasteiger partial charge is 0.244 e. The first-order valence-corrected chi connectivity index (χ1v) is 9.28. The Morgan fingerprint density at radius 2 is 2.10 bits per heavy atom. The summed E-state index contributed by atoms with van der Waals surface area (Å²) in [6, 6.07) is 3.15. The number of halogens is 2. The van der Waals surface area contributed by atoms with E-state index in [0.717, 1.165) is 19.4 Å². The summed E-state index contributed by atoms with van der Waals surface area (Å²) in [4.78, 5) is 0.110. The first kappa shape index (κ1) is 17.0. The molecule has 1 aliphatic heterocycles. The second-order valence-electron chi connectivity index (χ2n) is 5.26. The van der Waals surface area contributed by atoms with Gasteiger partial charge >= 0.3 is 0 Å². The van der Waals surface area contributed by atoms with Crippen molar-refractivity contribution in [3.8, 4) is 0 Å². The van der Waals surface area contributed by atoms with E-state index in [1.54, 1.807) is 6.07 Å². The van der Waals surface area contributed by atoms with E-state index in [0.29, 0.717) is 23.7 Å². The topological polar surface area (TPSA) is 49.4 Å². The molecule has 1 atom stereocenters. The average molecular weight is 351 g/mol. The predicted molar refractivity (Wildman–Crippen MR) is 86.4 cm³/mol. The van der Waals surface area contributed by atoms with Crippen molar-refractivity contribution in [2.45, 2.75) is 44.2 Å². The maximum absolute atomic E-state index is 12.8. The second-order valence-corrected chi connectivity index (χ2v) is 7.94. The third kappa shape index (κ3) is 3.54. The maximum atomic E-state index is 12.8. The first-order chi connectivity index (χ1) is 9.87. The molecule has 0 aromatic heterocycles. The molecule has 4 nitrogen and oxygen atoms in total. The number of nitrogens with one attached hydrogen (secondary N) is 1. The van der Waals surface area contributed by atoms with E-state index in [-0.39, 0.29) is 16.0 Å². The highest BCUT2D eigenvalue weighted by atomic mass is 35.5. The number of hydrogen-bond acceptors (Lipinski definition) is 3. The Bertz CT molecular complexity index is 620. The quantitative estimate of drug-likeness (QED) is 0.886. The van der Waals surface area contributed by atoms with Crippen LogP contribution in [-0.4, -0.2) is 31.9 Å². The van der Waals surface area contributed by atoms with E-state index >= 15 is 0 Å². The Morgan fingerprint density at radius 3 is 2.67 bits per heavy atom. The molecule has 1 aromatic carbocycles. The number of rotatable bonds is 5. The highest BCUT2D eigenvalue weighted by Crippen LogP contribution is 2.34. The fraction of sp³-hybridized carbons (Fsp3) is 0.571. The van der Waals surface area contributed by atoms with Gasteiger partial charge in [0.2, 0.25) is 10.0 Å². The molecule has 0 amide bonds. The Labute approximate surface area is 136 Å². The molecule has 2 rings (SSSR count). The summed E-state index contributed by atoms with van der Waals surface area (Å²) in [5.41, 5.74) is 0.705. The van der Waals surface area contributed by atoms with Gasteiger partial charge < -0.3 is 5.32 Å². The van der Waals surface area contributed by atoms with Crippen molar-refractivity contribution in [2.75, 3.05) is 13.1 Å². The molecule has 1 N–H and O–H groups in total. The lowest BCUT2D eigenvalue weighted by Crippen LogP contribution is -2.34. The Balaban J connectivity index is 2.45. The number of benzene rings is 1. The van der Waals surface area contributed by atoms with Gasteiger partial charge in [0.1, 0.15) is 4.90 Å². The van der Waals surface area contributed by atoms with Gasteiger partial charge in [-0.1, -0.05) is 30.1 Å². The summed E-state index contributed by atoms with van der Waals surface area (Å²) in [7, 11) is -3.60. The molecule has 21 heavy (non-hydrogen) atoms. The highest BCUT2D eigenvalue weighted by Gasteiger charge is 2.34. The largest absolute Gasteiger partial charge is 0.313 e. The van der Waals surface area contributed by atoms with Crippen LogP contribution in [0.25, 0.3) is 0 Å². The van der Waals surface area contributed by atoms with Crippen LogP contribution in [0, 0.1) is 0 Å². The minimum Gasteiger partial charge on any atom is -0.313 e. The fourth-order valence-corrected chi connectivity index (χ4v) is 5.19. The summed E-state index contributed by atoms with van der Waals surface area (Å²) in [5.74, 6) is 0. The van der Waals surface area contributed by atoms with Gasteiger partial charge in [-0.25, -0.2) is 8.42 Å². The van der Waals surface area contributed by atoms with Crippen molar-refractivity contribution < 1.29 is 8.42 Å². The summed E-state index contributed by atoms with van der Waals surface area (Å²) >= 11 is 12.4. The maximum Gasteiger partial charge on any atom is 0.244 e. The van der Waals surface area contributed by atoms with Gasteiger partial charge in [0.15, 0.2) is 0 Å². The first-order valence-electron chi connectivity index (χ1n) is 7.08. The Hall–Kier alpha value is -0.330. The number of hydrogen-bond donors (Lipinski definition) is 1. The minimum absolute atomic E-state index is 0.00210. The summed E-state index contributed by atoms with van der Waals surface area (Å²) < 4.78 is 27.1. The number of sulfonamides is 1. The van der Waals surface area contributed by atoms with Gasteiger partial charge in [-0.05, 0) is 44.0 Å². The summed E-state index contributed by atoms with van der Waals surface area (Å²) in [5, 5.41) is 3.79. The molecule has 1 aromatic rings. The van der Waals surface area contributed by atoms with Crippen LogP contribution in [0.15, 0.2) is 17.0 Å². The van der Waals surface area contributed by atoms with Crippen LogP contribution in [0.2, 0.25) is 10.0 Å². The minimum atomic E-state index is -3.60. The SMILES string of the molecule is CCNCc1cc(Cl)cc(S(=O)(=O)N2CCCC2C)c1Cl. The average Bonchev–Trinajstić information content (AvgIpc) is 2.86. The Kier molecular flexibility index (Phi) is 5.54. The fourth-order valence-electron chi connectivity index (χ4n) is 2.58. The molecule has 0 spiro atoms. The van der Waals surface area contributed by atoms with Gasteiger partial charge in [0.05, 0.1) is 5.02 Å². The zero-order valence-electron chi connectivity index (χ0n) is 12.2. The van der Waals surface area contributed by atoms with Gasteiger partial charge in [-0.3, -0.25) is 0 Å². The van der Waals surface area contributed by atoms with Crippen molar-refractivity contribution in [1.82, 2.24) is 9.62 Å². The van der Waals surface area contributed by atoms with Crippen molar-refractivity contribution >= 4 is 33.2 Å². The monoisotopic (exact) mass is 350 g/mol. The van der Waals surface area contributed by atoms with E-state index in [1.807, 2.05) is 13.8 Å². The molecule has 1 fully saturated rings. The number of nitrogens with zero attached hydrogens (tertiary/aromatic N) is 1. The van der Waals surface area contributed by atoms with Crippen LogP contribution < -0.4 is 5.32 Å². The third-order valence-corrected chi connectivity index (χ3v) is 6.54. The highest BCUT2D eigenvalue weighted by molar-refractivity contribution is 7.89. The van der Waals surface area contributed by atoms with Crippen LogP contribution in [0.5, 0.6) is 0 Å². The second kappa shape index (κ2) is 6.84. The summed E-state index contributed by atoms with van der Waals surface area (Å²) in [6.07, 6.45) is 1.75. The predicted octanol–water partition coefficient (Wildman–Crippen LogP) is 3.28. The molecule has 0 aliphatic carbocycles. The van der Waals surface area contributed by atoms with E-state index < -0.39 is 10.0 Å². The van der Waals surface area contributed by atoms with E-state index in [4.69, 9.17) is 23.2 Å². The van der Waals surface area contributed by atoms with Crippen LogP contribution in [0.3, 0.4) is 0 Å². The molecule has 1 heterocycles. The summed E-state index contributed by atoms with van der Waals surface area (Å²) in [6.45, 7) is 5.70.